The number of rotatable bonds is 3. The van der Waals surface area contributed by atoms with Crippen molar-refractivity contribution >= 4 is 0 Å². The predicted octanol–water partition coefficient (Wildman–Crippen LogP) is 2.25. The van der Waals surface area contributed by atoms with Crippen molar-refractivity contribution in [3.63, 3.8) is 0 Å². The van der Waals surface area contributed by atoms with Crippen LogP contribution in [0.2, 0.25) is 0 Å². The lowest BCUT2D eigenvalue weighted by atomic mass is 10.3. The Kier molecular flexibility index (Phi) is 2.68. The van der Waals surface area contributed by atoms with Crippen LogP contribution in [0.5, 0.6) is 0 Å². The molecule has 1 aliphatic rings. The lowest BCUT2D eigenvalue weighted by Gasteiger charge is -2.10. The number of ether oxygens (including phenoxy) is 2. The molecule has 0 atom stereocenters. The minimum absolute atomic E-state index is 0.382. The molecule has 92 valence electrons. The van der Waals surface area contributed by atoms with Crippen molar-refractivity contribution in [1.29, 1.82) is 0 Å². The molecule has 5 nitrogen and oxygen atoms in total. The summed E-state index contributed by atoms with van der Waals surface area (Å²) in [6.45, 7) is -0.583. The lowest BCUT2D eigenvalue weighted by molar-refractivity contribution is -0.0248. The first-order valence-corrected chi connectivity index (χ1v) is 5.39. The fourth-order valence-electron chi connectivity index (χ4n) is 1.63. The highest BCUT2D eigenvalue weighted by Crippen LogP contribution is 2.23. The third-order valence-corrected chi connectivity index (χ3v) is 2.52. The van der Waals surface area contributed by atoms with E-state index in [4.69, 9.17) is 9.47 Å². The van der Waals surface area contributed by atoms with E-state index in [2.05, 4.69) is 10.1 Å². The Balaban J connectivity index is 1.81. The summed E-state index contributed by atoms with van der Waals surface area (Å²) >= 11 is 0. The van der Waals surface area contributed by atoms with E-state index in [1.54, 1.807) is 24.5 Å². The van der Waals surface area contributed by atoms with Gasteiger partial charge in [0.15, 0.2) is 5.82 Å². The average Bonchev–Trinajstić information content (AvgIpc) is 3.10. The number of halogens is 1. The first-order chi connectivity index (χ1) is 8.86. The molecule has 1 aliphatic heterocycles. The van der Waals surface area contributed by atoms with Gasteiger partial charge in [-0.2, -0.15) is 5.10 Å². The third-order valence-electron chi connectivity index (χ3n) is 2.52. The van der Waals surface area contributed by atoms with Crippen LogP contribution in [0.1, 0.15) is 17.5 Å². The molecule has 0 bridgehead atoms. The molecule has 0 aromatic carbocycles. The molecule has 0 saturated carbocycles. The Morgan fingerprint density at radius 2 is 2.06 bits per heavy atom. The summed E-state index contributed by atoms with van der Waals surface area (Å²) in [5, 5.41) is 4.03. The maximum Gasteiger partial charge on any atom is 0.267 e. The van der Waals surface area contributed by atoms with Gasteiger partial charge in [0, 0.05) is 12.4 Å². The van der Waals surface area contributed by atoms with Crippen molar-refractivity contribution in [1.82, 2.24) is 14.8 Å². The normalized spacial score (nSPS) is 14.5. The van der Waals surface area contributed by atoms with Gasteiger partial charge in [-0.3, -0.25) is 0 Å². The van der Waals surface area contributed by atoms with Crippen LogP contribution in [0.25, 0.3) is 5.82 Å². The summed E-state index contributed by atoms with van der Waals surface area (Å²) in [5.41, 5.74) is 1.19. The summed E-state index contributed by atoms with van der Waals surface area (Å²) in [4.78, 5) is 4.23. The van der Waals surface area contributed by atoms with Gasteiger partial charge in [0.2, 0.25) is 0 Å². The topological polar surface area (TPSA) is 49.2 Å². The van der Waals surface area contributed by atoms with Crippen LogP contribution in [-0.4, -0.2) is 14.8 Å². The highest BCUT2D eigenvalue weighted by molar-refractivity contribution is 5.26. The minimum atomic E-state index is -0.583. The van der Waals surface area contributed by atoms with Gasteiger partial charge in [0.1, 0.15) is 19.2 Å². The summed E-state index contributed by atoms with van der Waals surface area (Å²) in [6, 6.07) is 5.22. The van der Waals surface area contributed by atoms with E-state index in [0.717, 1.165) is 5.56 Å². The fraction of sp³-hybridized carbons (Fsp3) is 0.167. The molecule has 6 heteroatoms. The Bertz CT molecular complexity index is 557. The van der Waals surface area contributed by atoms with Crippen LogP contribution in [0.4, 0.5) is 4.39 Å². The standard InChI is InChI=1S/C12H10FN3O2/c13-7-10-3-4-16(15-10)11-2-1-9(8-14-11)12-17-5-6-18-12/h1-6,8,12H,7H2. The molecule has 0 fully saturated rings. The zero-order chi connectivity index (χ0) is 12.4. The van der Waals surface area contributed by atoms with E-state index in [1.165, 1.54) is 17.2 Å². The summed E-state index contributed by atoms with van der Waals surface area (Å²) in [7, 11) is 0. The maximum absolute atomic E-state index is 12.4. The van der Waals surface area contributed by atoms with Crippen LogP contribution in [0, 0.1) is 0 Å². The van der Waals surface area contributed by atoms with Crippen LogP contribution >= 0.6 is 0 Å². The molecule has 0 amide bonds. The second kappa shape index (κ2) is 4.48. The van der Waals surface area contributed by atoms with Crippen molar-refractivity contribution in [2.24, 2.45) is 0 Å². The van der Waals surface area contributed by atoms with Crippen molar-refractivity contribution in [2.75, 3.05) is 0 Å². The molecule has 0 N–H and O–H groups in total. The Morgan fingerprint density at radius 3 is 2.67 bits per heavy atom. The first-order valence-electron chi connectivity index (χ1n) is 5.39. The van der Waals surface area contributed by atoms with Gasteiger partial charge in [-0.25, -0.2) is 14.1 Å². The van der Waals surface area contributed by atoms with Crippen molar-refractivity contribution < 1.29 is 13.9 Å². The van der Waals surface area contributed by atoms with E-state index in [-0.39, 0.29) is 0 Å². The largest absolute Gasteiger partial charge is 0.455 e. The zero-order valence-corrected chi connectivity index (χ0v) is 9.36. The smallest absolute Gasteiger partial charge is 0.267 e. The third kappa shape index (κ3) is 1.92. The molecule has 0 aliphatic carbocycles. The number of pyridine rings is 1. The molecule has 3 rings (SSSR count). The second-order valence-electron chi connectivity index (χ2n) is 3.71. The van der Waals surface area contributed by atoms with E-state index in [0.29, 0.717) is 11.5 Å². The zero-order valence-electron chi connectivity index (χ0n) is 9.36. The number of nitrogens with zero attached hydrogens (tertiary/aromatic N) is 3. The van der Waals surface area contributed by atoms with Gasteiger partial charge in [-0.1, -0.05) is 0 Å². The van der Waals surface area contributed by atoms with Crippen molar-refractivity contribution in [3.8, 4) is 5.82 Å². The van der Waals surface area contributed by atoms with Gasteiger partial charge in [-0.05, 0) is 18.2 Å². The van der Waals surface area contributed by atoms with Crippen LogP contribution in [0.3, 0.4) is 0 Å². The second-order valence-corrected chi connectivity index (χ2v) is 3.71. The molecule has 2 aromatic heterocycles. The molecular formula is C12H10FN3O2. The van der Waals surface area contributed by atoms with E-state index < -0.39 is 13.0 Å². The van der Waals surface area contributed by atoms with E-state index >= 15 is 0 Å². The van der Waals surface area contributed by atoms with Crippen LogP contribution in [-0.2, 0) is 16.1 Å². The number of hydrogen-bond donors (Lipinski definition) is 0. The van der Waals surface area contributed by atoms with Crippen LogP contribution < -0.4 is 0 Å². The van der Waals surface area contributed by atoms with E-state index in [9.17, 15) is 4.39 Å². The van der Waals surface area contributed by atoms with E-state index in [1.807, 2.05) is 6.07 Å². The monoisotopic (exact) mass is 247 g/mol. The molecule has 3 heterocycles. The Labute approximate surface area is 102 Å². The number of aromatic nitrogens is 3. The Hall–Kier alpha value is -2.37. The summed E-state index contributed by atoms with van der Waals surface area (Å²) in [6.07, 6.45) is 5.84. The highest BCUT2D eigenvalue weighted by Gasteiger charge is 2.15. The SMILES string of the molecule is FCc1ccn(-c2ccc(C3OC=CO3)cn2)n1. The molecule has 2 aromatic rings. The summed E-state index contributed by atoms with van der Waals surface area (Å²) in [5.74, 6) is 0.615. The highest BCUT2D eigenvalue weighted by atomic mass is 19.1. The van der Waals surface area contributed by atoms with Gasteiger partial charge in [0.05, 0.1) is 11.3 Å². The van der Waals surface area contributed by atoms with Gasteiger partial charge >= 0.3 is 0 Å². The molecule has 18 heavy (non-hydrogen) atoms. The predicted molar refractivity (Wildman–Crippen MR) is 60.2 cm³/mol. The number of hydrogen-bond acceptors (Lipinski definition) is 4. The van der Waals surface area contributed by atoms with Gasteiger partial charge in [-0.15, -0.1) is 0 Å². The van der Waals surface area contributed by atoms with Crippen LogP contribution in [0.15, 0.2) is 43.1 Å². The quantitative estimate of drug-likeness (QED) is 0.834. The maximum atomic E-state index is 12.4. The first kappa shape index (κ1) is 10.8. The molecule has 0 saturated heterocycles. The molecule has 0 radical (unpaired) electrons. The molecular weight excluding hydrogens is 237 g/mol. The lowest BCUT2D eigenvalue weighted by Crippen LogP contribution is -2.02. The molecule has 0 unspecified atom stereocenters. The number of alkyl halides is 1. The van der Waals surface area contributed by atoms with Gasteiger partial charge < -0.3 is 9.47 Å². The average molecular weight is 247 g/mol. The van der Waals surface area contributed by atoms with Crippen molar-refractivity contribution in [3.05, 3.63) is 54.4 Å². The summed E-state index contributed by atoms with van der Waals surface area (Å²) < 4.78 is 24.3. The van der Waals surface area contributed by atoms with Crippen molar-refractivity contribution in [2.45, 2.75) is 13.0 Å². The fourth-order valence-corrected chi connectivity index (χ4v) is 1.63. The minimum Gasteiger partial charge on any atom is -0.455 e. The van der Waals surface area contributed by atoms with Gasteiger partial charge in [0.25, 0.3) is 6.29 Å². The Morgan fingerprint density at radius 1 is 1.22 bits per heavy atom. The molecule has 0 spiro atoms.